The first-order chi connectivity index (χ1) is 20.6. The zero-order valence-corrected chi connectivity index (χ0v) is 25.0. The van der Waals surface area contributed by atoms with Gasteiger partial charge in [0.2, 0.25) is 0 Å². The van der Waals surface area contributed by atoms with E-state index < -0.39 is 25.5 Å². The summed E-state index contributed by atoms with van der Waals surface area (Å²) >= 11 is 0. The second-order valence-corrected chi connectivity index (χ2v) is 12.5. The van der Waals surface area contributed by atoms with Crippen molar-refractivity contribution in [3.05, 3.63) is 89.2 Å². The molecule has 43 heavy (non-hydrogen) atoms. The van der Waals surface area contributed by atoms with Crippen LogP contribution in [-0.4, -0.2) is 52.2 Å². The third kappa shape index (κ3) is 8.97. The fourth-order valence-electron chi connectivity index (χ4n) is 4.79. The van der Waals surface area contributed by atoms with Crippen LogP contribution in [0.5, 0.6) is 0 Å². The molecule has 2 amide bonds. The molecule has 0 radical (unpaired) electrons. The fraction of sp³-hybridized carbons (Fsp3) is 0.419. The molecule has 232 valence electrons. The second-order valence-electron chi connectivity index (χ2n) is 10.4. The average molecular weight is 621 g/mol. The number of urea groups is 1. The van der Waals surface area contributed by atoms with E-state index in [1.54, 1.807) is 53.6 Å². The van der Waals surface area contributed by atoms with Gasteiger partial charge in [0.05, 0.1) is 5.56 Å². The Bertz CT molecular complexity index is 1320. The van der Waals surface area contributed by atoms with Crippen molar-refractivity contribution in [2.24, 2.45) is 0 Å². The van der Waals surface area contributed by atoms with Crippen LogP contribution in [0, 0.1) is 0 Å². The van der Waals surface area contributed by atoms with Crippen molar-refractivity contribution >= 4 is 14.0 Å². The number of rotatable bonds is 13. The highest BCUT2D eigenvalue weighted by Crippen LogP contribution is 2.69. The molecule has 4 rings (SSSR count). The third-order valence-electron chi connectivity index (χ3n) is 7.19. The van der Waals surface area contributed by atoms with Gasteiger partial charge >= 0.3 is 20.2 Å². The molecule has 12 heteroatoms. The predicted molar refractivity (Wildman–Crippen MR) is 159 cm³/mol. The zero-order valence-electron chi connectivity index (χ0n) is 24.1. The summed E-state index contributed by atoms with van der Waals surface area (Å²) in [5, 5.41) is 13.5. The van der Waals surface area contributed by atoms with Crippen LogP contribution in [-0.2, 0) is 28.2 Å². The second kappa shape index (κ2) is 15.1. The SMILES string of the molecule is CCCCCCNC(=O)N(CCc1ccc(C(O)[P+]2(O)OCCO2)nc1)Cc1ccc(-c2ccccc2C(F)(F)F)cc1. The molecule has 1 fully saturated rings. The number of hydrogen-bond acceptors (Lipinski definition) is 6. The smallest absolute Gasteiger partial charge is 0.348 e. The maximum absolute atomic E-state index is 13.5. The normalized spacial score (nSPS) is 15.3. The number of unbranched alkanes of at least 4 members (excludes halogenated alkanes) is 3. The molecule has 1 unspecified atom stereocenters. The molecule has 2 aromatic carbocycles. The van der Waals surface area contributed by atoms with E-state index >= 15 is 0 Å². The number of aromatic nitrogens is 1. The number of aliphatic hydroxyl groups excluding tert-OH is 1. The van der Waals surface area contributed by atoms with E-state index in [-0.39, 0.29) is 37.0 Å². The Kier molecular flexibility index (Phi) is 11.5. The molecule has 1 saturated heterocycles. The Morgan fingerprint density at radius 2 is 1.72 bits per heavy atom. The van der Waals surface area contributed by atoms with Crippen LogP contribution in [0.25, 0.3) is 11.1 Å². The third-order valence-corrected chi connectivity index (χ3v) is 9.18. The van der Waals surface area contributed by atoms with Gasteiger partial charge in [0, 0.05) is 25.8 Å². The number of alkyl halides is 3. The van der Waals surface area contributed by atoms with Gasteiger partial charge in [0.1, 0.15) is 18.9 Å². The Morgan fingerprint density at radius 1 is 1.02 bits per heavy atom. The number of halogens is 3. The van der Waals surface area contributed by atoms with Crippen LogP contribution in [0.3, 0.4) is 0 Å². The van der Waals surface area contributed by atoms with Gasteiger partial charge in [-0.25, -0.2) is 4.79 Å². The minimum absolute atomic E-state index is 0.101. The van der Waals surface area contributed by atoms with E-state index in [1.807, 2.05) is 0 Å². The zero-order chi connectivity index (χ0) is 30.9. The van der Waals surface area contributed by atoms with Crippen molar-refractivity contribution in [2.45, 2.75) is 57.6 Å². The van der Waals surface area contributed by atoms with Gasteiger partial charge in [-0.3, -0.25) is 4.98 Å². The van der Waals surface area contributed by atoms with E-state index in [1.165, 1.54) is 12.1 Å². The van der Waals surface area contributed by atoms with Crippen molar-refractivity contribution in [3.63, 3.8) is 0 Å². The molecule has 8 nitrogen and oxygen atoms in total. The summed E-state index contributed by atoms with van der Waals surface area (Å²) in [4.78, 5) is 29.5. The summed E-state index contributed by atoms with van der Waals surface area (Å²) in [7, 11) is -3.41. The number of benzene rings is 2. The first-order valence-electron chi connectivity index (χ1n) is 14.4. The van der Waals surface area contributed by atoms with Gasteiger partial charge in [-0.05, 0) is 47.2 Å². The maximum atomic E-state index is 13.5. The van der Waals surface area contributed by atoms with Crippen LogP contribution in [0.4, 0.5) is 18.0 Å². The molecule has 0 spiro atoms. The van der Waals surface area contributed by atoms with Crippen LogP contribution < -0.4 is 5.32 Å². The van der Waals surface area contributed by atoms with Crippen LogP contribution >= 0.6 is 7.94 Å². The van der Waals surface area contributed by atoms with Gasteiger partial charge in [0.15, 0.2) is 0 Å². The molecule has 1 aromatic heterocycles. The molecule has 1 aliphatic heterocycles. The quantitative estimate of drug-likeness (QED) is 0.142. The van der Waals surface area contributed by atoms with Crippen LogP contribution in [0.15, 0.2) is 66.9 Å². The van der Waals surface area contributed by atoms with Gasteiger partial charge in [-0.2, -0.15) is 27.1 Å². The number of nitrogens with one attached hydrogen (secondary N) is 1. The fourth-order valence-corrected chi connectivity index (χ4v) is 6.30. The standard InChI is InChI=1S/C31H37F3N3O5P/c1-2-3-4-7-17-35-30(39)37(18-16-23-12-15-28(36-21-23)29(38)43(40)41-19-20-42-43)22-24-10-13-25(14-11-24)26-8-5-6-9-27(26)31(32,33)34/h5-6,8-15,21,29,38,40H,2-4,7,16-20,22H2,1H3/p+1. The van der Waals surface area contributed by atoms with Crippen LogP contribution in [0.1, 0.15) is 60.8 Å². The number of nitrogens with zero attached hydrogens (tertiary/aromatic N) is 2. The molecule has 1 atom stereocenters. The molecular formula is C31H38F3N3O5P+. The molecule has 3 aromatic rings. The summed E-state index contributed by atoms with van der Waals surface area (Å²) in [5.74, 6) is -1.37. The molecule has 2 heterocycles. The minimum Gasteiger partial charge on any atom is -0.348 e. The summed E-state index contributed by atoms with van der Waals surface area (Å²) in [6.07, 6.45) is 1.66. The van der Waals surface area contributed by atoms with Crippen LogP contribution in [0.2, 0.25) is 0 Å². The molecule has 3 N–H and O–H groups in total. The minimum atomic E-state index is -4.47. The van der Waals surface area contributed by atoms with E-state index in [0.717, 1.165) is 42.9 Å². The number of hydrogen-bond donors (Lipinski definition) is 3. The van der Waals surface area contributed by atoms with Gasteiger partial charge < -0.3 is 15.3 Å². The summed E-state index contributed by atoms with van der Waals surface area (Å²) < 4.78 is 51.0. The number of amides is 2. The molecule has 1 aliphatic rings. The molecule has 0 bridgehead atoms. The van der Waals surface area contributed by atoms with Gasteiger partial charge in [0.25, 0.3) is 5.85 Å². The topological polar surface area (TPSA) is 104 Å². The van der Waals surface area contributed by atoms with E-state index in [2.05, 4.69) is 17.2 Å². The monoisotopic (exact) mass is 620 g/mol. The van der Waals surface area contributed by atoms with Crippen molar-refractivity contribution in [1.82, 2.24) is 15.2 Å². The van der Waals surface area contributed by atoms with Crippen molar-refractivity contribution < 1.29 is 37.0 Å². The van der Waals surface area contributed by atoms with Crippen molar-refractivity contribution in [1.29, 1.82) is 0 Å². The van der Waals surface area contributed by atoms with E-state index in [4.69, 9.17) is 9.05 Å². The average Bonchev–Trinajstić information content (AvgIpc) is 3.46. The Hall–Kier alpha value is -3.08. The number of aliphatic hydroxyl groups is 1. The highest BCUT2D eigenvalue weighted by atomic mass is 31.2. The van der Waals surface area contributed by atoms with Crippen molar-refractivity contribution in [2.75, 3.05) is 26.3 Å². The van der Waals surface area contributed by atoms with E-state index in [9.17, 15) is 28.0 Å². The predicted octanol–water partition coefficient (Wildman–Crippen LogP) is 6.89. The lowest BCUT2D eigenvalue weighted by molar-refractivity contribution is -0.137. The molecule has 0 saturated carbocycles. The first kappa shape index (κ1) is 32.8. The summed E-state index contributed by atoms with van der Waals surface area (Å²) in [5.41, 5.74) is 1.67. The van der Waals surface area contributed by atoms with Crippen molar-refractivity contribution in [3.8, 4) is 11.1 Å². The van der Waals surface area contributed by atoms with Gasteiger partial charge in [-0.15, -0.1) is 0 Å². The highest BCUT2D eigenvalue weighted by molar-refractivity contribution is 7.60. The summed E-state index contributed by atoms with van der Waals surface area (Å²) in [6.45, 7) is 3.70. The summed E-state index contributed by atoms with van der Waals surface area (Å²) in [6, 6.07) is 15.4. The lowest BCUT2D eigenvalue weighted by atomic mass is 9.98. The number of pyridine rings is 1. The maximum Gasteiger partial charge on any atom is 0.446 e. The Balaban J connectivity index is 1.44. The Labute approximate surface area is 250 Å². The highest BCUT2D eigenvalue weighted by Gasteiger charge is 2.55. The lowest BCUT2D eigenvalue weighted by Crippen LogP contribution is -2.41. The Morgan fingerprint density at radius 3 is 2.37 bits per heavy atom. The van der Waals surface area contributed by atoms with Gasteiger partial charge in [-0.1, -0.05) is 74.7 Å². The number of carbonyl (C=O) groups excluding carboxylic acids is 1. The number of carbonyl (C=O) groups is 1. The van der Waals surface area contributed by atoms with E-state index in [0.29, 0.717) is 25.1 Å². The molecule has 0 aliphatic carbocycles. The molecular weight excluding hydrogens is 582 g/mol. The lowest BCUT2D eigenvalue weighted by Gasteiger charge is -2.24. The first-order valence-corrected chi connectivity index (χ1v) is 16.1. The largest absolute Gasteiger partial charge is 0.446 e.